The molecule has 26 heavy (non-hydrogen) atoms. The number of nitrogens with zero attached hydrogens (tertiary/aromatic N) is 1. The number of nitrogens with one attached hydrogen (secondary N) is 2. The van der Waals surface area contributed by atoms with Gasteiger partial charge in [0, 0.05) is 31.9 Å². The van der Waals surface area contributed by atoms with Gasteiger partial charge in [-0.3, -0.25) is 4.79 Å². The lowest BCUT2D eigenvalue weighted by molar-refractivity contribution is 0.0857. The Balaban J connectivity index is 1.46. The molecule has 7 heteroatoms. The summed E-state index contributed by atoms with van der Waals surface area (Å²) in [5.74, 6) is 0.310. The Labute approximate surface area is 154 Å². The van der Waals surface area contributed by atoms with E-state index in [2.05, 4.69) is 15.6 Å². The fourth-order valence-corrected chi connectivity index (χ4v) is 3.18. The van der Waals surface area contributed by atoms with E-state index in [0.717, 1.165) is 44.5 Å². The third kappa shape index (κ3) is 5.71. The average Bonchev–Trinajstić information content (AvgIpc) is 3.36. The van der Waals surface area contributed by atoms with Gasteiger partial charge in [-0.1, -0.05) is 12.1 Å². The molecule has 2 unspecified atom stereocenters. The summed E-state index contributed by atoms with van der Waals surface area (Å²) in [5.41, 5.74) is 7.47. The lowest BCUT2D eigenvalue weighted by Gasteiger charge is -2.12. The second-order valence-electron chi connectivity index (χ2n) is 6.76. The number of carbonyl (C=O) groups is 1. The van der Waals surface area contributed by atoms with Crippen molar-refractivity contribution < 1.29 is 14.3 Å². The first-order valence-corrected chi connectivity index (χ1v) is 9.35. The molecule has 3 rings (SSSR count). The Kier molecular flexibility index (Phi) is 6.85. The highest BCUT2D eigenvalue weighted by atomic mass is 16.5. The number of ether oxygens (including phenoxy) is 2. The molecule has 2 aliphatic rings. The maximum absolute atomic E-state index is 12.3. The van der Waals surface area contributed by atoms with Crippen LogP contribution in [-0.4, -0.2) is 50.4 Å². The molecular weight excluding hydrogens is 332 g/mol. The summed E-state index contributed by atoms with van der Waals surface area (Å²) in [6, 6.07) is 7.45. The fourth-order valence-electron chi connectivity index (χ4n) is 3.18. The van der Waals surface area contributed by atoms with Crippen LogP contribution in [0.25, 0.3) is 0 Å². The number of hydrogen-bond donors (Lipinski definition) is 3. The van der Waals surface area contributed by atoms with E-state index >= 15 is 0 Å². The molecule has 1 aromatic rings. The summed E-state index contributed by atoms with van der Waals surface area (Å²) in [4.78, 5) is 16.6. The van der Waals surface area contributed by atoms with Gasteiger partial charge in [0.25, 0.3) is 5.91 Å². The fraction of sp³-hybridized carbons (Fsp3) is 0.579. The van der Waals surface area contributed by atoms with Crippen LogP contribution in [0.1, 0.15) is 41.6 Å². The molecule has 0 radical (unpaired) electrons. The summed E-state index contributed by atoms with van der Waals surface area (Å²) in [6.07, 6.45) is 4.60. The van der Waals surface area contributed by atoms with Crippen molar-refractivity contribution >= 4 is 11.9 Å². The Morgan fingerprint density at radius 1 is 1.12 bits per heavy atom. The van der Waals surface area contributed by atoms with Crippen LogP contribution in [0.15, 0.2) is 29.3 Å². The third-order valence-electron chi connectivity index (χ3n) is 4.67. The van der Waals surface area contributed by atoms with Gasteiger partial charge in [0.2, 0.25) is 0 Å². The first-order chi connectivity index (χ1) is 12.7. The SMILES string of the molecule is NC(=NCc1cccc(C(=O)NCC2CCCO2)c1)NCC1CCCO1. The number of amides is 1. The summed E-state index contributed by atoms with van der Waals surface area (Å²) in [7, 11) is 0. The Morgan fingerprint density at radius 2 is 1.81 bits per heavy atom. The minimum absolute atomic E-state index is 0.0872. The number of aliphatic imine (C=N–C) groups is 1. The van der Waals surface area contributed by atoms with E-state index in [9.17, 15) is 4.79 Å². The van der Waals surface area contributed by atoms with Crippen LogP contribution in [0.3, 0.4) is 0 Å². The largest absolute Gasteiger partial charge is 0.376 e. The quantitative estimate of drug-likeness (QED) is 0.501. The van der Waals surface area contributed by atoms with Crippen molar-refractivity contribution in [2.24, 2.45) is 10.7 Å². The number of hydrogen-bond acceptors (Lipinski definition) is 4. The minimum atomic E-state index is -0.0872. The average molecular weight is 360 g/mol. The molecule has 0 saturated carbocycles. The second-order valence-corrected chi connectivity index (χ2v) is 6.76. The third-order valence-corrected chi connectivity index (χ3v) is 4.67. The highest BCUT2D eigenvalue weighted by Crippen LogP contribution is 2.12. The molecule has 2 aliphatic heterocycles. The number of rotatable bonds is 7. The predicted molar refractivity (Wildman–Crippen MR) is 100 cm³/mol. The smallest absolute Gasteiger partial charge is 0.251 e. The molecule has 4 N–H and O–H groups in total. The molecular formula is C19H28N4O3. The molecule has 0 aliphatic carbocycles. The van der Waals surface area contributed by atoms with Crippen LogP contribution in [0.5, 0.6) is 0 Å². The molecule has 0 spiro atoms. The summed E-state index contributed by atoms with van der Waals surface area (Å²) in [5, 5.41) is 6.03. The summed E-state index contributed by atoms with van der Waals surface area (Å²) >= 11 is 0. The zero-order valence-corrected chi connectivity index (χ0v) is 15.1. The Morgan fingerprint density at radius 3 is 2.46 bits per heavy atom. The van der Waals surface area contributed by atoms with Crippen molar-refractivity contribution in [2.45, 2.75) is 44.4 Å². The van der Waals surface area contributed by atoms with Crippen molar-refractivity contribution in [1.29, 1.82) is 0 Å². The molecule has 0 aromatic heterocycles. The standard InChI is InChI=1S/C19H28N4O3/c20-19(23-13-17-7-3-9-26-17)22-11-14-4-1-5-15(10-14)18(24)21-12-16-6-2-8-25-16/h1,4-5,10,16-17H,2-3,6-9,11-13H2,(H,21,24)(H3,20,22,23). The van der Waals surface area contributed by atoms with Crippen LogP contribution >= 0.6 is 0 Å². The monoisotopic (exact) mass is 360 g/mol. The number of nitrogens with two attached hydrogens (primary N) is 1. The molecule has 142 valence electrons. The van der Waals surface area contributed by atoms with Crippen LogP contribution < -0.4 is 16.4 Å². The zero-order valence-electron chi connectivity index (χ0n) is 15.1. The lowest BCUT2D eigenvalue weighted by atomic mass is 10.1. The van der Waals surface area contributed by atoms with Crippen LogP contribution in [-0.2, 0) is 16.0 Å². The highest BCUT2D eigenvalue weighted by molar-refractivity contribution is 5.94. The normalized spacial score (nSPS) is 23.2. The van der Waals surface area contributed by atoms with E-state index < -0.39 is 0 Å². The van der Waals surface area contributed by atoms with Crippen LogP contribution in [0, 0.1) is 0 Å². The van der Waals surface area contributed by atoms with Crippen LogP contribution in [0.4, 0.5) is 0 Å². The molecule has 2 saturated heterocycles. The van der Waals surface area contributed by atoms with Gasteiger partial charge in [-0.05, 0) is 43.4 Å². The summed E-state index contributed by atoms with van der Waals surface area (Å²) < 4.78 is 11.1. The van der Waals surface area contributed by atoms with Gasteiger partial charge >= 0.3 is 0 Å². The number of carbonyl (C=O) groups excluding carboxylic acids is 1. The Hall–Kier alpha value is -2.12. The van der Waals surface area contributed by atoms with E-state index in [-0.39, 0.29) is 18.1 Å². The lowest BCUT2D eigenvalue weighted by Crippen LogP contribution is -2.37. The van der Waals surface area contributed by atoms with E-state index in [1.54, 1.807) is 6.07 Å². The maximum atomic E-state index is 12.3. The topological polar surface area (TPSA) is 98.0 Å². The number of guanidine groups is 1. The van der Waals surface area contributed by atoms with E-state index in [0.29, 0.717) is 31.2 Å². The van der Waals surface area contributed by atoms with Crippen molar-refractivity contribution in [3.05, 3.63) is 35.4 Å². The van der Waals surface area contributed by atoms with Crippen molar-refractivity contribution in [2.75, 3.05) is 26.3 Å². The van der Waals surface area contributed by atoms with Gasteiger partial charge in [0.1, 0.15) is 0 Å². The predicted octanol–water partition coefficient (Wildman–Crippen LogP) is 1.18. The molecule has 7 nitrogen and oxygen atoms in total. The van der Waals surface area contributed by atoms with Crippen molar-refractivity contribution in [3.63, 3.8) is 0 Å². The van der Waals surface area contributed by atoms with E-state index in [1.165, 1.54) is 0 Å². The highest BCUT2D eigenvalue weighted by Gasteiger charge is 2.17. The molecule has 1 amide bonds. The maximum Gasteiger partial charge on any atom is 0.251 e. The van der Waals surface area contributed by atoms with Crippen molar-refractivity contribution in [1.82, 2.24) is 10.6 Å². The van der Waals surface area contributed by atoms with E-state index in [4.69, 9.17) is 15.2 Å². The molecule has 0 bridgehead atoms. The van der Waals surface area contributed by atoms with Gasteiger partial charge < -0.3 is 25.8 Å². The van der Waals surface area contributed by atoms with Crippen molar-refractivity contribution in [3.8, 4) is 0 Å². The second kappa shape index (κ2) is 9.54. The van der Waals surface area contributed by atoms with Crippen LogP contribution in [0.2, 0.25) is 0 Å². The molecule has 2 atom stereocenters. The van der Waals surface area contributed by atoms with Gasteiger partial charge in [-0.2, -0.15) is 0 Å². The first kappa shape index (κ1) is 18.7. The van der Waals surface area contributed by atoms with Gasteiger partial charge in [0.05, 0.1) is 18.8 Å². The van der Waals surface area contributed by atoms with Gasteiger partial charge in [0.15, 0.2) is 5.96 Å². The van der Waals surface area contributed by atoms with Gasteiger partial charge in [-0.15, -0.1) is 0 Å². The molecule has 2 heterocycles. The minimum Gasteiger partial charge on any atom is -0.376 e. The molecule has 1 aromatic carbocycles. The first-order valence-electron chi connectivity index (χ1n) is 9.35. The summed E-state index contributed by atoms with van der Waals surface area (Å²) in [6.45, 7) is 3.28. The molecule has 2 fully saturated rings. The zero-order chi connectivity index (χ0) is 18.2. The number of benzene rings is 1. The Bertz CT molecular complexity index is 623. The van der Waals surface area contributed by atoms with E-state index in [1.807, 2.05) is 18.2 Å². The van der Waals surface area contributed by atoms with Gasteiger partial charge in [-0.25, -0.2) is 4.99 Å².